The number of pyridine rings is 1. The predicted molar refractivity (Wildman–Crippen MR) is 110 cm³/mol. The molecule has 0 aliphatic heterocycles. The summed E-state index contributed by atoms with van der Waals surface area (Å²) in [4.78, 5) is 32.2. The third kappa shape index (κ3) is 7.58. The summed E-state index contributed by atoms with van der Waals surface area (Å²) >= 11 is 0. The molecule has 0 bridgehead atoms. The molecular formula is C22H35N3O3. The lowest BCUT2D eigenvalue weighted by Gasteiger charge is -2.34. The van der Waals surface area contributed by atoms with Crippen molar-refractivity contribution in [3.63, 3.8) is 0 Å². The lowest BCUT2D eigenvalue weighted by molar-refractivity contribution is 0.0179. The van der Waals surface area contributed by atoms with Gasteiger partial charge in [0.05, 0.1) is 12.2 Å². The van der Waals surface area contributed by atoms with Crippen LogP contribution < -0.4 is 0 Å². The van der Waals surface area contributed by atoms with Gasteiger partial charge in [0, 0.05) is 24.8 Å². The van der Waals surface area contributed by atoms with Crippen LogP contribution in [-0.4, -0.2) is 59.9 Å². The fourth-order valence-electron chi connectivity index (χ4n) is 3.81. The van der Waals surface area contributed by atoms with E-state index in [2.05, 4.69) is 24.0 Å². The van der Waals surface area contributed by atoms with E-state index in [0.29, 0.717) is 30.3 Å². The molecule has 0 spiro atoms. The summed E-state index contributed by atoms with van der Waals surface area (Å²) in [6.07, 6.45) is 6.74. The maximum Gasteiger partial charge on any atom is 0.410 e. The summed E-state index contributed by atoms with van der Waals surface area (Å²) in [5.74, 6) is 1.22. The summed E-state index contributed by atoms with van der Waals surface area (Å²) in [5, 5.41) is 0. The van der Waals surface area contributed by atoms with Crippen LogP contribution >= 0.6 is 0 Å². The molecule has 0 aromatic carbocycles. The zero-order valence-corrected chi connectivity index (χ0v) is 18.0. The van der Waals surface area contributed by atoms with Gasteiger partial charge in [-0.15, -0.1) is 0 Å². The number of carbonyl (C=O) groups excluding carboxylic acids is 2. The van der Waals surface area contributed by atoms with Gasteiger partial charge >= 0.3 is 6.09 Å². The number of carbonyl (C=O) groups is 2. The monoisotopic (exact) mass is 389 g/mol. The van der Waals surface area contributed by atoms with Crippen LogP contribution in [0.25, 0.3) is 0 Å². The lowest BCUT2D eigenvalue weighted by Crippen LogP contribution is -2.40. The van der Waals surface area contributed by atoms with E-state index < -0.39 is 5.60 Å². The highest BCUT2D eigenvalue weighted by Crippen LogP contribution is 2.30. The van der Waals surface area contributed by atoms with E-state index in [4.69, 9.17) is 4.74 Å². The van der Waals surface area contributed by atoms with Gasteiger partial charge in [-0.1, -0.05) is 0 Å². The average molecular weight is 390 g/mol. The Morgan fingerprint density at radius 2 is 1.79 bits per heavy atom. The number of amides is 1. The molecular weight excluding hydrogens is 354 g/mol. The van der Waals surface area contributed by atoms with Crippen molar-refractivity contribution in [3.8, 4) is 0 Å². The van der Waals surface area contributed by atoms with Gasteiger partial charge in [0.1, 0.15) is 11.9 Å². The maximum atomic E-state index is 12.8. The number of rotatable bonds is 7. The molecule has 156 valence electrons. The molecule has 6 heteroatoms. The fourth-order valence-corrected chi connectivity index (χ4v) is 3.81. The van der Waals surface area contributed by atoms with Crippen molar-refractivity contribution in [1.29, 1.82) is 0 Å². The second-order valence-corrected chi connectivity index (χ2v) is 9.21. The van der Waals surface area contributed by atoms with Crippen LogP contribution in [0, 0.1) is 11.8 Å². The second kappa shape index (κ2) is 10.0. The number of ether oxygens (including phenoxy) is 1. The second-order valence-electron chi connectivity index (χ2n) is 9.21. The molecule has 6 nitrogen and oxygen atoms in total. The number of aromatic nitrogens is 1. The van der Waals surface area contributed by atoms with Crippen LogP contribution in [0.3, 0.4) is 0 Å². The van der Waals surface area contributed by atoms with E-state index in [1.807, 2.05) is 20.8 Å². The van der Waals surface area contributed by atoms with E-state index in [0.717, 1.165) is 31.6 Å². The third-order valence-electron chi connectivity index (χ3n) is 5.05. The molecule has 1 heterocycles. The molecule has 0 N–H and O–H groups in total. The van der Waals surface area contributed by atoms with E-state index in [-0.39, 0.29) is 6.09 Å². The number of hydrogen-bond donors (Lipinski definition) is 0. The van der Waals surface area contributed by atoms with Crippen LogP contribution in [0.4, 0.5) is 4.79 Å². The molecule has 1 aliphatic rings. The topological polar surface area (TPSA) is 62.7 Å². The average Bonchev–Trinajstić information content (AvgIpc) is 2.61. The normalized spacial score (nSPS) is 20.1. The lowest BCUT2D eigenvalue weighted by atomic mass is 9.81. The zero-order chi connectivity index (χ0) is 20.7. The minimum atomic E-state index is -0.545. The first-order chi connectivity index (χ1) is 13.2. The van der Waals surface area contributed by atoms with Crippen LogP contribution in [0.1, 0.15) is 62.5 Å². The van der Waals surface area contributed by atoms with Crippen LogP contribution in [0.15, 0.2) is 18.3 Å². The first-order valence-electron chi connectivity index (χ1n) is 10.2. The minimum Gasteiger partial charge on any atom is -0.444 e. The zero-order valence-electron chi connectivity index (χ0n) is 18.0. The predicted octanol–water partition coefficient (Wildman–Crippen LogP) is 4.00. The molecule has 1 amide bonds. The summed E-state index contributed by atoms with van der Waals surface area (Å²) in [7, 11) is 4.24. The molecule has 0 radical (unpaired) electrons. The highest BCUT2D eigenvalue weighted by Gasteiger charge is 2.28. The Morgan fingerprint density at radius 3 is 2.32 bits per heavy atom. The van der Waals surface area contributed by atoms with Gasteiger partial charge in [-0.3, -0.25) is 9.78 Å². The van der Waals surface area contributed by atoms with Gasteiger partial charge in [0.2, 0.25) is 0 Å². The van der Waals surface area contributed by atoms with Gasteiger partial charge in [0.15, 0.2) is 0 Å². The highest BCUT2D eigenvalue weighted by molar-refractivity contribution is 5.74. The molecule has 1 saturated carbocycles. The molecule has 1 aromatic heterocycles. The first kappa shape index (κ1) is 22.3. The summed E-state index contributed by atoms with van der Waals surface area (Å²) in [5.41, 5.74) is 0.728. The Hall–Kier alpha value is -1.95. The van der Waals surface area contributed by atoms with Crippen molar-refractivity contribution in [2.75, 3.05) is 27.2 Å². The van der Waals surface area contributed by atoms with Crippen LogP contribution in [0.2, 0.25) is 0 Å². The summed E-state index contributed by atoms with van der Waals surface area (Å²) in [6, 6.07) is 3.40. The Balaban J connectivity index is 2.04. The molecule has 0 saturated heterocycles. The van der Waals surface area contributed by atoms with Crippen LogP contribution in [-0.2, 0) is 11.3 Å². The molecule has 0 unspecified atom stereocenters. The molecule has 1 aliphatic carbocycles. The van der Waals surface area contributed by atoms with E-state index in [1.165, 1.54) is 12.8 Å². The fraction of sp³-hybridized carbons (Fsp3) is 0.682. The summed E-state index contributed by atoms with van der Waals surface area (Å²) < 4.78 is 5.63. The van der Waals surface area contributed by atoms with Crippen molar-refractivity contribution in [1.82, 2.24) is 14.8 Å². The summed E-state index contributed by atoms with van der Waals surface area (Å²) in [6.45, 7) is 7.78. The Kier molecular flexibility index (Phi) is 7.98. The third-order valence-corrected chi connectivity index (χ3v) is 5.05. The SMILES string of the molecule is CN(C)CC1CCC(CN(Cc2cc(C=O)ccn2)C(=O)OC(C)(C)C)CC1. The Labute approximate surface area is 169 Å². The van der Waals surface area contributed by atoms with Crippen molar-refractivity contribution in [2.24, 2.45) is 11.8 Å². The standard InChI is InChI=1S/C22H35N3O3/c1-22(2,3)28-21(27)25(15-20-12-19(16-26)10-11-23-20)14-18-8-6-17(7-9-18)13-24(4)5/h10-12,16-18H,6-9,13-15H2,1-5H3. The number of aldehydes is 1. The minimum absolute atomic E-state index is 0.318. The Morgan fingerprint density at radius 1 is 1.18 bits per heavy atom. The van der Waals surface area contributed by atoms with E-state index >= 15 is 0 Å². The van der Waals surface area contributed by atoms with Crippen molar-refractivity contribution < 1.29 is 14.3 Å². The molecule has 1 aromatic rings. The molecule has 28 heavy (non-hydrogen) atoms. The van der Waals surface area contributed by atoms with Crippen molar-refractivity contribution >= 4 is 12.4 Å². The van der Waals surface area contributed by atoms with Crippen molar-refractivity contribution in [2.45, 2.75) is 58.6 Å². The van der Waals surface area contributed by atoms with Gasteiger partial charge < -0.3 is 14.5 Å². The number of hydrogen-bond acceptors (Lipinski definition) is 5. The Bertz CT molecular complexity index is 647. The van der Waals surface area contributed by atoms with E-state index in [1.54, 1.807) is 23.2 Å². The van der Waals surface area contributed by atoms with Gasteiger partial charge in [-0.05, 0) is 84.5 Å². The molecule has 1 fully saturated rings. The van der Waals surface area contributed by atoms with Crippen molar-refractivity contribution in [3.05, 3.63) is 29.6 Å². The molecule has 2 rings (SSSR count). The smallest absolute Gasteiger partial charge is 0.410 e. The molecule has 0 atom stereocenters. The number of nitrogens with zero attached hydrogens (tertiary/aromatic N) is 3. The van der Waals surface area contributed by atoms with Gasteiger partial charge in [-0.2, -0.15) is 0 Å². The van der Waals surface area contributed by atoms with Gasteiger partial charge in [-0.25, -0.2) is 4.79 Å². The highest BCUT2D eigenvalue weighted by atomic mass is 16.6. The van der Waals surface area contributed by atoms with Crippen LogP contribution in [0.5, 0.6) is 0 Å². The largest absolute Gasteiger partial charge is 0.444 e. The maximum absolute atomic E-state index is 12.8. The quantitative estimate of drug-likeness (QED) is 0.660. The van der Waals surface area contributed by atoms with E-state index in [9.17, 15) is 9.59 Å². The first-order valence-corrected chi connectivity index (χ1v) is 10.2. The van der Waals surface area contributed by atoms with Gasteiger partial charge in [0.25, 0.3) is 0 Å².